The highest BCUT2D eigenvalue weighted by Crippen LogP contribution is 2.15. The molecule has 0 aliphatic carbocycles. The summed E-state index contributed by atoms with van der Waals surface area (Å²) >= 11 is 3.39. The highest BCUT2D eigenvalue weighted by atomic mass is 79.9. The summed E-state index contributed by atoms with van der Waals surface area (Å²) in [7, 11) is 0. The van der Waals surface area contributed by atoms with E-state index < -0.39 is 5.91 Å². The van der Waals surface area contributed by atoms with Crippen molar-refractivity contribution in [2.24, 2.45) is 0 Å². The van der Waals surface area contributed by atoms with Gasteiger partial charge in [-0.25, -0.2) is 0 Å². The average Bonchev–Trinajstić information content (AvgIpc) is 2.69. The van der Waals surface area contributed by atoms with Gasteiger partial charge in [-0.1, -0.05) is 58.4 Å². The van der Waals surface area contributed by atoms with E-state index in [2.05, 4.69) is 26.6 Å². The molecule has 3 aromatic rings. The van der Waals surface area contributed by atoms with Crippen LogP contribution in [0.15, 0.2) is 89.0 Å². The molecular formula is C23H19BrN2O2. The van der Waals surface area contributed by atoms with Gasteiger partial charge in [-0.2, -0.15) is 0 Å². The van der Waals surface area contributed by atoms with Crippen molar-refractivity contribution in [3.05, 3.63) is 106 Å². The van der Waals surface area contributed by atoms with Crippen molar-refractivity contribution in [2.45, 2.75) is 6.92 Å². The molecule has 2 amide bonds. The summed E-state index contributed by atoms with van der Waals surface area (Å²) < 4.78 is 0.934. The zero-order valence-corrected chi connectivity index (χ0v) is 16.9. The largest absolute Gasteiger partial charge is 0.321 e. The average molecular weight is 435 g/mol. The van der Waals surface area contributed by atoms with Gasteiger partial charge >= 0.3 is 0 Å². The maximum atomic E-state index is 12.9. The second-order valence-electron chi connectivity index (χ2n) is 6.25. The fraction of sp³-hybridized carbons (Fsp3) is 0.0435. The summed E-state index contributed by atoms with van der Waals surface area (Å²) in [6, 6.07) is 23.8. The molecule has 0 fully saturated rings. The molecule has 0 spiro atoms. The third kappa shape index (κ3) is 5.41. The van der Waals surface area contributed by atoms with Gasteiger partial charge in [0.2, 0.25) is 0 Å². The van der Waals surface area contributed by atoms with Crippen LogP contribution in [0, 0.1) is 6.92 Å². The molecule has 3 aromatic carbocycles. The zero-order valence-electron chi connectivity index (χ0n) is 15.3. The highest BCUT2D eigenvalue weighted by molar-refractivity contribution is 9.10. The highest BCUT2D eigenvalue weighted by Gasteiger charge is 2.15. The second kappa shape index (κ2) is 9.15. The Morgan fingerprint density at radius 1 is 0.893 bits per heavy atom. The normalized spacial score (nSPS) is 11.0. The van der Waals surface area contributed by atoms with Gasteiger partial charge in [0.1, 0.15) is 5.70 Å². The number of benzene rings is 3. The Balaban J connectivity index is 1.88. The van der Waals surface area contributed by atoms with E-state index in [0.717, 1.165) is 15.6 Å². The molecule has 5 heteroatoms. The van der Waals surface area contributed by atoms with E-state index in [1.54, 1.807) is 36.4 Å². The first-order valence-electron chi connectivity index (χ1n) is 8.73. The summed E-state index contributed by atoms with van der Waals surface area (Å²) in [5, 5.41) is 5.57. The number of carbonyl (C=O) groups excluding carboxylic acids is 2. The van der Waals surface area contributed by atoms with Crippen LogP contribution in [-0.4, -0.2) is 11.8 Å². The van der Waals surface area contributed by atoms with Gasteiger partial charge in [-0.05, 0) is 60.5 Å². The van der Waals surface area contributed by atoms with Crippen LogP contribution >= 0.6 is 15.9 Å². The minimum atomic E-state index is -0.391. The molecule has 0 bridgehead atoms. The fourth-order valence-corrected chi connectivity index (χ4v) is 2.85. The van der Waals surface area contributed by atoms with Crippen molar-refractivity contribution in [3.63, 3.8) is 0 Å². The summed E-state index contributed by atoms with van der Waals surface area (Å²) in [5.74, 6) is -0.735. The number of hydrogen-bond donors (Lipinski definition) is 2. The number of amides is 2. The predicted molar refractivity (Wildman–Crippen MR) is 116 cm³/mol. The van der Waals surface area contributed by atoms with Crippen LogP contribution in [0.2, 0.25) is 0 Å². The van der Waals surface area contributed by atoms with E-state index in [-0.39, 0.29) is 11.6 Å². The number of rotatable bonds is 5. The molecule has 0 aliphatic rings. The van der Waals surface area contributed by atoms with E-state index in [1.165, 1.54) is 0 Å². The van der Waals surface area contributed by atoms with Crippen LogP contribution in [0.25, 0.3) is 6.08 Å². The van der Waals surface area contributed by atoms with Crippen LogP contribution < -0.4 is 10.6 Å². The van der Waals surface area contributed by atoms with Crippen LogP contribution in [0.1, 0.15) is 21.5 Å². The Morgan fingerprint density at radius 2 is 1.61 bits per heavy atom. The van der Waals surface area contributed by atoms with Crippen molar-refractivity contribution < 1.29 is 9.59 Å². The third-order valence-electron chi connectivity index (χ3n) is 3.99. The Labute approximate surface area is 172 Å². The Morgan fingerprint density at radius 3 is 2.29 bits per heavy atom. The van der Waals surface area contributed by atoms with Gasteiger partial charge in [0.25, 0.3) is 11.8 Å². The zero-order chi connectivity index (χ0) is 19.9. The number of anilines is 1. The molecule has 0 heterocycles. The van der Waals surface area contributed by atoms with Gasteiger partial charge in [0.05, 0.1) is 0 Å². The van der Waals surface area contributed by atoms with Crippen molar-refractivity contribution in [2.75, 3.05) is 5.32 Å². The van der Waals surface area contributed by atoms with Crippen molar-refractivity contribution in [3.8, 4) is 0 Å². The van der Waals surface area contributed by atoms with Crippen molar-refractivity contribution in [1.29, 1.82) is 0 Å². The molecule has 4 nitrogen and oxygen atoms in total. The molecule has 28 heavy (non-hydrogen) atoms. The quantitative estimate of drug-likeness (QED) is 0.544. The smallest absolute Gasteiger partial charge is 0.272 e. The molecular weight excluding hydrogens is 416 g/mol. The first-order chi connectivity index (χ1) is 13.5. The SMILES string of the molecule is Cc1cccc(NC(=O)C(=Cc2ccc(Br)cc2)NC(=O)c2ccccc2)c1. The minimum absolute atomic E-state index is 0.165. The topological polar surface area (TPSA) is 58.2 Å². The van der Waals surface area contributed by atoms with E-state index in [1.807, 2.05) is 55.5 Å². The summed E-state index contributed by atoms with van der Waals surface area (Å²) in [5.41, 5.74) is 3.14. The van der Waals surface area contributed by atoms with Crippen LogP contribution in [0.3, 0.4) is 0 Å². The lowest BCUT2D eigenvalue weighted by molar-refractivity contribution is -0.113. The van der Waals surface area contributed by atoms with Crippen LogP contribution in [0.4, 0.5) is 5.69 Å². The maximum Gasteiger partial charge on any atom is 0.272 e. The van der Waals surface area contributed by atoms with Gasteiger partial charge < -0.3 is 10.6 Å². The Bertz CT molecular complexity index is 1010. The van der Waals surface area contributed by atoms with E-state index in [4.69, 9.17) is 0 Å². The predicted octanol–water partition coefficient (Wildman–Crippen LogP) is 5.17. The van der Waals surface area contributed by atoms with Gasteiger partial charge in [-0.3, -0.25) is 9.59 Å². The lowest BCUT2D eigenvalue weighted by Crippen LogP contribution is -2.30. The molecule has 0 saturated carbocycles. The molecule has 0 aromatic heterocycles. The van der Waals surface area contributed by atoms with Crippen molar-refractivity contribution in [1.82, 2.24) is 5.32 Å². The third-order valence-corrected chi connectivity index (χ3v) is 4.51. The summed E-state index contributed by atoms with van der Waals surface area (Å²) in [6.45, 7) is 1.95. The van der Waals surface area contributed by atoms with E-state index in [0.29, 0.717) is 11.3 Å². The number of aryl methyl sites for hydroxylation is 1. The van der Waals surface area contributed by atoms with Gasteiger partial charge in [-0.15, -0.1) is 0 Å². The number of nitrogens with one attached hydrogen (secondary N) is 2. The number of hydrogen-bond acceptors (Lipinski definition) is 2. The Kier molecular flexibility index (Phi) is 6.40. The first kappa shape index (κ1) is 19.6. The summed E-state index contributed by atoms with van der Waals surface area (Å²) in [6.07, 6.45) is 1.65. The van der Waals surface area contributed by atoms with E-state index in [9.17, 15) is 9.59 Å². The number of carbonyl (C=O) groups is 2. The molecule has 140 valence electrons. The van der Waals surface area contributed by atoms with E-state index >= 15 is 0 Å². The molecule has 0 radical (unpaired) electrons. The fourth-order valence-electron chi connectivity index (χ4n) is 2.59. The monoisotopic (exact) mass is 434 g/mol. The second-order valence-corrected chi connectivity index (χ2v) is 7.17. The minimum Gasteiger partial charge on any atom is -0.321 e. The lowest BCUT2D eigenvalue weighted by Gasteiger charge is -2.12. The van der Waals surface area contributed by atoms with Crippen molar-refractivity contribution >= 4 is 39.5 Å². The molecule has 3 rings (SSSR count). The molecule has 0 unspecified atom stereocenters. The molecule has 2 N–H and O–H groups in total. The van der Waals surface area contributed by atoms with Crippen LogP contribution in [-0.2, 0) is 4.79 Å². The lowest BCUT2D eigenvalue weighted by atomic mass is 10.1. The number of halogens is 1. The van der Waals surface area contributed by atoms with Gasteiger partial charge in [0, 0.05) is 15.7 Å². The standard InChI is InChI=1S/C23H19BrN2O2/c1-16-6-5-9-20(14-16)25-23(28)21(15-17-10-12-19(24)13-11-17)26-22(27)18-7-3-2-4-8-18/h2-15H,1H3,(H,25,28)(H,26,27). The first-order valence-corrected chi connectivity index (χ1v) is 9.52. The molecule has 0 saturated heterocycles. The molecule has 0 atom stereocenters. The maximum absolute atomic E-state index is 12.9. The molecule has 0 aliphatic heterocycles. The Hall–Kier alpha value is -3.18. The van der Waals surface area contributed by atoms with Crippen LogP contribution in [0.5, 0.6) is 0 Å². The summed E-state index contributed by atoms with van der Waals surface area (Å²) in [4.78, 5) is 25.4. The van der Waals surface area contributed by atoms with Gasteiger partial charge in [0.15, 0.2) is 0 Å².